The highest BCUT2D eigenvalue weighted by molar-refractivity contribution is 6.32. The van der Waals surface area contributed by atoms with Crippen molar-refractivity contribution >= 4 is 45.7 Å². The molecule has 0 radical (unpaired) electrons. The number of nitrogens with one attached hydrogen (secondary N) is 2. The molecule has 0 unspecified atom stereocenters. The summed E-state index contributed by atoms with van der Waals surface area (Å²) < 4.78 is 51.2. The van der Waals surface area contributed by atoms with Crippen LogP contribution in [-0.4, -0.2) is 91.6 Å². The van der Waals surface area contributed by atoms with E-state index in [9.17, 15) is 13.6 Å². The zero-order valence-electron chi connectivity index (χ0n) is 26.5. The zero-order chi connectivity index (χ0) is 33.5. The van der Waals surface area contributed by atoms with Gasteiger partial charge >= 0.3 is 6.03 Å². The summed E-state index contributed by atoms with van der Waals surface area (Å²) in [6.07, 6.45) is 3.21. The predicted octanol–water partition coefficient (Wildman–Crippen LogP) is 6.49. The van der Waals surface area contributed by atoms with Crippen LogP contribution in [0.15, 0.2) is 54.9 Å². The van der Waals surface area contributed by atoms with E-state index in [0.717, 1.165) is 56.8 Å². The molecule has 0 atom stereocenters. The Bertz CT molecular complexity index is 1720. The molecule has 2 amide bonds. The lowest BCUT2D eigenvalue weighted by Crippen LogP contribution is -2.44. The van der Waals surface area contributed by atoms with Crippen molar-refractivity contribution in [1.29, 1.82) is 0 Å². The van der Waals surface area contributed by atoms with E-state index in [1.807, 2.05) is 18.2 Å². The van der Waals surface area contributed by atoms with Gasteiger partial charge in [0.1, 0.15) is 41.3 Å². The van der Waals surface area contributed by atoms with Crippen LogP contribution >= 0.6 is 11.6 Å². The largest absolute Gasteiger partial charge is 0.493 e. The Morgan fingerprint density at radius 3 is 2.50 bits per heavy atom. The standard InChI is InChI=1S/C34H37ClF2N6O5/c1-45-30-20-28-24(19-31(30)47-15-3-10-42-13-16-46-17-14-42)33(39-21-38-28)40-22-6-7-29(25(35)18-22)48-23-8-11-43(12-9-23)34(44)41-32-26(36)4-2-5-27(32)37/h2,4-7,18-21,23H,3,8-17H2,1H3,(H,41,44)(H,38,39,40). The smallest absolute Gasteiger partial charge is 0.322 e. The molecule has 14 heteroatoms. The molecule has 2 fully saturated rings. The molecular formula is C34H37ClF2N6O5. The number of amides is 2. The lowest BCUT2D eigenvalue weighted by Gasteiger charge is -2.32. The van der Waals surface area contributed by atoms with Gasteiger partial charge in [-0.1, -0.05) is 17.7 Å². The Balaban J connectivity index is 1.05. The summed E-state index contributed by atoms with van der Waals surface area (Å²) in [6.45, 7) is 5.59. The molecule has 6 rings (SSSR count). The third kappa shape index (κ3) is 8.15. The number of benzene rings is 3. The van der Waals surface area contributed by atoms with Gasteiger partial charge in [0.25, 0.3) is 0 Å². The van der Waals surface area contributed by atoms with Crippen molar-refractivity contribution in [3.8, 4) is 17.2 Å². The first-order valence-corrected chi connectivity index (χ1v) is 16.2. The van der Waals surface area contributed by atoms with Gasteiger partial charge in [-0.15, -0.1) is 0 Å². The maximum absolute atomic E-state index is 14.0. The second-order valence-electron chi connectivity index (χ2n) is 11.5. The Labute approximate surface area is 282 Å². The number of halogens is 3. The van der Waals surface area contributed by atoms with Gasteiger partial charge in [-0.25, -0.2) is 23.5 Å². The van der Waals surface area contributed by atoms with Gasteiger partial charge in [-0.2, -0.15) is 0 Å². The first-order chi connectivity index (χ1) is 23.4. The summed E-state index contributed by atoms with van der Waals surface area (Å²) in [4.78, 5) is 25.4. The number of nitrogens with zero attached hydrogens (tertiary/aromatic N) is 4. The molecular weight excluding hydrogens is 646 g/mol. The van der Waals surface area contributed by atoms with E-state index in [1.54, 1.807) is 19.2 Å². The number of rotatable bonds is 11. The number of fused-ring (bicyclic) bond motifs is 1. The van der Waals surface area contributed by atoms with Crippen molar-refractivity contribution in [2.75, 3.05) is 70.3 Å². The number of aromatic nitrogens is 2. The number of anilines is 3. The minimum atomic E-state index is -0.827. The van der Waals surface area contributed by atoms with Crippen molar-refractivity contribution in [2.45, 2.75) is 25.4 Å². The highest BCUT2D eigenvalue weighted by atomic mass is 35.5. The van der Waals surface area contributed by atoms with Crippen molar-refractivity contribution in [2.24, 2.45) is 0 Å². The summed E-state index contributed by atoms with van der Waals surface area (Å²) in [6, 6.07) is 11.9. The average molecular weight is 683 g/mol. The Kier molecular flexibility index (Phi) is 10.9. The number of hydrogen-bond donors (Lipinski definition) is 2. The van der Waals surface area contributed by atoms with E-state index in [0.29, 0.717) is 71.8 Å². The molecule has 2 N–H and O–H groups in total. The fraction of sp³-hybridized carbons (Fsp3) is 0.382. The number of urea groups is 1. The molecule has 0 spiro atoms. The Hall–Kier alpha value is -4.46. The predicted molar refractivity (Wildman–Crippen MR) is 179 cm³/mol. The molecule has 254 valence electrons. The quantitative estimate of drug-likeness (QED) is 0.172. The molecule has 0 aliphatic carbocycles. The first kappa shape index (κ1) is 33.4. The number of ether oxygens (including phenoxy) is 4. The van der Waals surface area contributed by atoms with Crippen LogP contribution in [0.2, 0.25) is 5.02 Å². The van der Waals surface area contributed by atoms with Crippen LogP contribution in [-0.2, 0) is 4.74 Å². The minimum Gasteiger partial charge on any atom is -0.493 e. The summed E-state index contributed by atoms with van der Waals surface area (Å²) in [7, 11) is 1.60. The van der Waals surface area contributed by atoms with Crippen molar-refractivity contribution in [3.63, 3.8) is 0 Å². The summed E-state index contributed by atoms with van der Waals surface area (Å²) in [5.41, 5.74) is 0.929. The van der Waals surface area contributed by atoms with Gasteiger partial charge in [0.15, 0.2) is 11.5 Å². The summed E-state index contributed by atoms with van der Waals surface area (Å²) in [5, 5.41) is 6.82. The van der Waals surface area contributed by atoms with Crippen LogP contribution in [0, 0.1) is 11.6 Å². The van der Waals surface area contributed by atoms with E-state index >= 15 is 0 Å². The van der Waals surface area contributed by atoms with Crippen molar-refractivity contribution in [3.05, 3.63) is 71.5 Å². The molecule has 0 saturated carbocycles. The van der Waals surface area contributed by atoms with Gasteiger partial charge in [0.05, 0.1) is 37.5 Å². The fourth-order valence-electron chi connectivity index (χ4n) is 5.70. The van der Waals surface area contributed by atoms with Gasteiger partial charge in [0, 0.05) is 62.7 Å². The van der Waals surface area contributed by atoms with Crippen molar-refractivity contribution < 1.29 is 32.5 Å². The molecule has 3 heterocycles. The second-order valence-corrected chi connectivity index (χ2v) is 11.9. The molecule has 2 aliphatic heterocycles. The van der Waals surface area contributed by atoms with E-state index in [-0.39, 0.29) is 6.10 Å². The SMILES string of the molecule is COc1cc2ncnc(Nc3ccc(OC4CCN(C(=O)Nc5c(F)cccc5F)CC4)c(Cl)c3)c2cc1OCCCN1CCOCC1. The molecule has 1 aromatic heterocycles. The third-order valence-corrected chi connectivity index (χ3v) is 8.61. The lowest BCUT2D eigenvalue weighted by atomic mass is 10.1. The lowest BCUT2D eigenvalue weighted by molar-refractivity contribution is 0.0357. The van der Waals surface area contributed by atoms with Crippen LogP contribution in [0.25, 0.3) is 10.9 Å². The number of carbonyl (C=O) groups excluding carboxylic acids is 1. The number of methoxy groups -OCH3 is 1. The number of hydrogen-bond acceptors (Lipinski definition) is 9. The van der Waals surface area contributed by atoms with Gasteiger partial charge in [0.2, 0.25) is 0 Å². The first-order valence-electron chi connectivity index (χ1n) is 15.9. The van der Waals surface area contributed by atoms with E-state index in [2.05, 4.69) is 25.5 Å². The van der Waals surface area contributed by atoms with Crippen LogP contribution in [0.1, 0.15) is 19.3 Å². The fourth-order valence-corrected chi connectivity index (χ4v) is 5.93. The molecule has 11 nitrogen and oxygen atoms in total. The molecule has 2 aliphatic rings. The van der Waals surface area contributed by atoms with Crippen LogP contribution in [0.3, 0.4) is 0 Å². The number of piperidine rings is 1. The summed E-state index contributed by atoms with van der Waals surface area (Å²) in [5.74, 6) is 0.622. The Morgan fingerprint density at radius 1 is 1.00 bits per heavy atom. The van der Waals surface area contributed by atoms with Crippen LogP contribution < -0.4 is 24.8 Å². The van der Waals surface area contributed by atoms with Gasteiger partial charge in [-0.3, -0.25) is 4.90 Å². The van der Waals surface area contributed by atoms with E-state index in [4.69, 9.17) is 30.5 Å². The number of para-hydroxylation sites is 1. The highest BCUT2D eigenvalue weighted by Crippen LogP contribution is 2.36. The maximum atomic E-state index is 14.0. The van der Waals surface area contributed by atoms with Gasteiger partial charge < -0.3 is 34.5 Å². The molecule has 2 saturated heterocycles. The normalized spacial score (nSPS) is 15.7. The number of likely N-dealkylation sites (tertiary alicyclic amines) is 1. The second kappa shape index (κ2) is 15.6. The molecule has 48 heavy (non-hydrogen) atoms. The van der Waals surface area contributed by atoms with E-state index < -0.39 is 23.4 Å². The van der Waals surface area contributed by atoms with Gasteiger partial charge in [-0.05, 0) is 42.8 Å². The van der Waals surface area contributed by atoms with E-state index in [1.165, 1.54) is 17.3 Å². The van der Waals surface area contributed by atoms with Crippen molar-refractivity contribution in [1.82, 2.24) is 19.8 Å². The Morgan fingerprint density at radius 2 is 1.77 bits per heavy atom. The minimum absolute atomic E-state index is 0.191. The monoisotopic (exact) mass is 682 g/mol. The third-order valence-electron chi connectivity index (χ3n) is 8.31. The average Bonchev–Trinajstić information content (AvgIpc) is 3.10. The van der Waals surface area contributed by atoms with Crippen LogP contribution in [0.5, 0.6) is 17.2 Å². The van der Waals surface area contributed by atoms with Crippen LogP contribution in [0.4, 0.5) is 30.8 Å². The zero-order valence-corrected chi connectivity index (χ0v) is 27.3. The summed E-state index contributed by atoms with van der Waals surface area (Å²) >= 11 is 6.63. The highest BCUT2D eigenvalue weighted by Gasteiger charge is 2.26. The maximum Gasteiger partial charge on any atom is 0.322 e. The topological polar surface area (TPSA) is 110 Å². The molecule has 3 aromatic carbocycles. The molecule has 0 bridgehead atoms. The molecule has 4 aromatic rings. The number of carbonyl (C=O) groups is 1. The number of morpholine rings is 1.